The summed E-state index contributed by atoms with van der Waals surface area (Å²) in [4.78, 5) is 14.3. The Morgan fingerprint density at radius 3 is 2.89 bits per heavy atom. The molecule has 0 aliphatic carbocycles. The predicted molar refractivity (Wildman–Crippen MR) is 75.1 cm³/mol. The molecule has 1 unspecified atom stereocenters. The molecule has 0 radical (unpaired) electrons. The molecule has 0 aromatic carbocycles. The van der Waals surface area contributed by atoms with Gasteiger partial charge in [-0.2, -0.15) is 0 Å². The molecular weight excluding hydrogens is 242 g/mol. The molecule has 5 nitrogen and oxygen atoms in total. The Balaban J connectivity index is 1.52. The summed E-state index contributed by atoms with van der Waals surface area (Å²) in [5.41, 5.74) is 0. The number of nitrogens with one attached hydrogen (secondary N) is 2. The van der Waals surface area contributed by atoms with Crippen molar-refractivity contribution in [3.8, 4) is 0 Å². The first-order valence-corrected chi connectivity index (χ1v) is 7.57. The fraction of sp³-hybridized carbons (Fsp3) is 0.929. The molecule has 2 aliphatic heterocycles. The molecular formula is C14H27N3O2. The summed E-state index contributed by atoms with van der Waals surface area (Å²) in [7, 11) is 0. The molecule has 0 bridgehead atoms. The van der Waals surface area contributed by atoms with Crippen LogP contribution in [0.15, 0.2) is 0 Å². The largest absolute Gasteiger partial charge is 0.378 e. The summed E-state index contributed by atoms with van der Waals surface area (Å²) in [6.07, 6.45) is 3.67. The number of carbonyl (C=O) groups is 1. The fourth-order valence-electron chi connectivity index (χ4n) is 2.66. The zero-order valence-electron chi connectivity index (χ0n) is 12.0. The second kappa shape index (κ2) is 7.82. The lowest BCUT2D eigenvalue weighted by molar-refractivity contribution is -0.125. The molecule has 1 atom stereocenters. The summed E-state index contributed by atoms with van der Waals surface area (Å²) in [6.45, 7) is 8.60. The van der Waals surface area contributed by atoms with E-state index in [4.69, 9.17) is 4.74 Å². The molecule has 0 aromatic rings. The van der Waals surface area contributed by atoms with E-state index in [0.717, 1.165) is 32.0 Å². The number of nitrogens with zero attached hydrogens (tertiary/aromatic N) is 1. The molecule has 0 saturated carbocycles. The van der Waals surface area contributed by atoms with E-state index >= 15 is 0 Å². The highest BCUT2D eigenvalue weighted by Gasteiger charge is 2.20. The van der Waals surface area contributed by atoms with Crippen molar-refractivity contribution in [3.05, 3.63) is 0 Å². The maximum atomic E-state index is 11.8. The van der Waals surface area contributed by atoms with Gasteiger partial charge in [-0.1, -0.05) is 6.92 Å². The Labute approximate surface area is 116 Å². The highest BCUT2D eigenvalue weighted by atomic mass is 16.5. The fourth-order valence-corrected chi connectivity index (χ4v) is 2.66. The minimum absolute atomic E-state index is 0.0759. The van der Waals surface area contributed by atoms with E-state index in [1.54, 1.807) is 0 Å². The van der Waals surface area contributed by atoms with Gasteiger partial charge in [-0.15, -0.1) is 0 Å². The standard InChI is InChI=1S/C14H27N3O2/c1-12-3-8-17(9-4-12)7-2-5-16-14(18)13-11-19-10-6-15-13/h12-13,15H,2-11H2,1H3,(H,16,18). The SMILES string of the molecule is CC1CCN(CCCNC(=O)C2COCCN2)CC1. The minimum Gasteiger partial charge on any atom is -0.378 e. The van der Waals surface area contributed by atoms with Gasteiger partial charge in [0.1, 0.15) is 6.04 Å². The van der Waals surface area contributed by atoms with E-state index in [-0.39, 0.29) is 11.9 Å². The molecule has 19 heavy (non-hydrogen) atoms. The van der Waals surface area contributed by atoms with E-state index in [1.807, 2.05) is 0 Å². The first-order valence-electron chi connectivity index (χ1n) is 7.57. The van der Waals surface area contributed by atoms with Crippen LogP contribution in [0.5, 0.6) is 0 Å². The van der Waals surface area contributed by atoms with E-state index in [2.05, 4.69) is 22.5 Å². The first kappa shape index (κ1) is 14.8. The number of piperidine rings is 1. The van der Waals surface area contributed by atoms with Crippen molar-refractivity contribution in [1.82, 2.24) is 15.5 Å². The third-order valence-corrected chi connectivity index (χ3v) is 4.06. The van der Waals surface area contributed by atoms with Crippen LogP contribution in [0.1, 0.15) is 26.2 Å². The lowest BCUT2D eigenvalue weighted by atomic mass is 9.99. The average Bonchev–Trinajstić information content (AvgIpc) is 2.46. The van der Waals surface area contributed by atoms with Crippen LogP contribution in [0.2, 0.25) is 0 Å². The smallest absolute Gasteiger partial charge is 0.239 e. The number of rotatable bonds is 5. The van der Waals surface area contributed by atoms with Crippen LogP contribution in [-0.2, 0) is 9.53 Å². The Bertz CT molecular complexity index is 272. The first-order chi connectivity index (χ1) is 9.25. The van der Waals surface area contributed by atoms with Gasteiger partial charge in [-0.05, 0) is 44.8 Å². The Morgan fingerprint density at radius 1 is 1.42 bits per heavy atom. The zero-order chi connectivity index (χ0) is 13.5. The molecule has 5 heteroatoms. The van der Waals surface area contributed by atoms with Crippen molar-refractivity contribution in [2.24, 2.45) is 5.92 Å². The van der Waals surface area contributed by atoms with Gasteiger partial charge in [0, 0.05) is 13.1 Å². The second-order valence-corrected chi connectivity index (χ2v) is 5.75. The van der Waals surface area contributed by atoms with Crippen molar-refractivity contribution in [2.75, 3.05) is 45.9 Å². The Morgan fingerprint density at radius 2 is 2.21 bits per heavy atom. The third kappa shape index (κ3) is 5.09. The van der Waals surface area contributed by atoms with Gasteiger partial charge in [0.05, 0.1) is 13.2 Å². The molecule has 2 aliphatic rings. The number of amides is 1. The van der Waals surface area contributed by atoms with E-state index in [9.17, 15) is 4.79 Å². The maximum Gasteiger partial charge on any atom is 0.239 e. The minimum atomic E-state index is -0.162. The van der Waals surface area contributed by atoms with Crippen molar-refractivity contribution in [1.29, 1.82) is 0 Å². The van der Waals surface area contributed by atoms with Crippen molar-refractivity contribution >= 4 is 5.91 Å². The number of likely N-dealkylation sites (tertiary alicyclic amines) is 1. The molecule has 2 N–H and O–H groups in total. The molecule has 2 rings (SSSR count). The van der Waals surface area contributed by atoms with Gasteiger partial charge in [-0.3, -0.25) is 4.79 Å². The third-order valence-electron chi connectivity index (χ3n) is 4.06. The van der Waals surface area contributed by atoms with Gasteiger partial charge in [-0.25, -0.2) is 0 Å². The van der Waals surface area contributed by atoms with Gasteiger partial charge in [0.25, 0.3) is 0 Å². The summed E-state index contributed by atoms with van der Waals surface area (Å²) in [5, 5.41) is 6.16. The number of hydrogen-bond donors (Lipinski definition) is 2. The number of carbonyl (C=O) groups excluding carboxylic acids is 1. The van der Waals surface area contributed by atoms with Crippen LogP contribution in [-0.4, -0.2) is 62.8 Å². The van der Waals surface area contributed by atoms with Crippen LogP contribution in [0.25, 0.3) is 0 Å². The molecule has 110 valence electrons. The van der Waals surface area contributed by atoms with E-state index in [0.29, 0.717) is 13.2 Å². The lowest BCUT2D eigenvalue weighted by Crippen LogP contribution is -2.51. The van der Waals surface area contributed by atoms with Crippen molar-refractivity contribution in [2.45, 2.75) is 32.2 Å². The predicted octanol–water partition coefficient (Wildman–Crippen LogP) is 0.213. The molecule has 2 fully saturated rings. The summed E-state index contributed by atoms with van der Waals surface area (Å²) < 4.78 is 5.28. The van der Waals surface area contributed by atoms with Crippen LogP contribution in [0.3, 0.4) is 0 Å². The van der Waals surface area contributed by atoms with Crippen molar-refractivity contribution < 1.29 is 9.53 Å². The van der Waals surface area contributed by atoms with Gasteiger partial charge >= 0.3 is 0 Å². The topological polar surface area (TPSA) is 53.6 Å². The van der Waals surface area contributed by atoms with Crippen LogP contribution in [0, 0.1) is 5.92 Å². The van der Waals surface area contributed by atoms with Crippen LogP contribution < -0.4 is 10.6 Å². The number of morpholine rings is 1. The second-order valence-electron chi connectivity index (χ2n) is 5.75. The van der Waals surface area contributed by atoms with Gasteiger partial charge in [0.15, 0.2) is 0 Å². The molecule has 0 aromatic heterocycles. The van der Waals surface area contributed by atoms with Crippen molar-refractivity contribution in [3.63, 3.8) is 0 Å². The van der Waals surface area contributed by atoms with E-state index in [1.165, 1.54) is 25.9 Å². The Kier molecular flexibility index (Phi) is 6.07. The quantitative estimate of drug-likeness (QED) is 0.701. The monoisotopic (exact) mass is 269 g/mol. The molecule has 0 spiro atoms. The normalized spacial score (nSPS) is 26.3. The molecule has 1 amide bonds. The van der Waals surface area contributed by atoms with Crippen LogP contribution >= 0.6 is 0 Å². The highest BCUT2D eigenvalue weighted by molar-refractivity contribution is 5.81. The maximum absolute atomic E-state index is 11.8. The zero-order valence-corrected chi connectivity index (χ0v) is 12.0. The lowest BCUT2D eigenvalue weighted by Gasteiger charge is -2.30. The van der Waals surface area contributed by atoms with Crippen LogP contribution in [0.4, 0.5) is 0 Å². The average molecular weight is 269 g/mol. The van der Waals surface area contributed by atoms with Gasteiger partial charge in [0.2, 0.25) is 5.91 Å². The summed E-state index contributed by atoms with van der Waals surface area (Å²) in [6, 6.07) is -0.162. The highest BCUT2D eigenvalue weighted by Crippen LogP contribution is 2.15. The number of hydrogen-bond acceptors (Lipinski definition) is 4. The molecule has 2 saturated heterocycles. The summed E-state index contributed by atoms with van der Waals surface area (Å²) in [5.74, 6) is 0.959. The Hall–Kier alpha value is -0.650. The summed E-state index contributed by atoms with van der Waals surface area (Å²) >= 11 is 0. The number of ether oxygens (including phenoxy) is 1. The van der Waals surface area contributed by atoms with E-state index < -0.39 is 0 Å². The van der Waals surface area contributed by atoms with Gasteiger partial charge < -0.3 is 20.3 Å². The molecule has 2 heterocycles.